The maximum Gasteiger partial charge on any atom is 0.271 e. The molecule has 0 radical (unpaired) electrons. The highest BCUT2D eigenvalue weighted by atomic mass is 35.5. The molecule has 1 aliphatic heterocycles. The summed E-state index contributed by atoms with van der Waals surface area (Å²) in [5, 5.41) is 6.04. The Morgan fingerprint density at radius 1 is 1.17 bits per heavy atom. The van der Waals surface area contributed by atoms with Gasteiger partial charge in [-0.15, -0.1) is 0 Å². The molecule has 30 heavy (non-hydrogen) atoms. The molecule has 0 spiro atoms. The Balaban J connectivity index is 1.90. The molecule has 3 rings (SSSR count). The molecule has 0 saturated carbocycles. The van der Waals surface area contributed by atoms with E-state index in [0.29, 0.717) is 27.7 Å². The predicted molar refractivity (Wildman–Crippen MR) is 116 cm³/mol. The Bertz CT molecular complexity index is 1000. The van der Waals surface area contributed by atoms with Gasteiger partial charge in [0.2, 0.25) is 5.91 Å². The van der Waals surface area contributed by atoms with Gasteiger partial charge in [-0.1, -0.05) is 17.7 Å². The van der Waals surface area contributed by atoms with E-state index in [1.54, 1.807) is 56.3 Å². The average Bonchev–Trinajstić information content (AvgIpc) is 2.64. The maximum absolute atomic E-state index is 13.0. The zero-order valence-electron chi connectivity index (χ0n) is 17.3. The van der Waals surface area contributed by atoms with E-state index in [-0.39, 0.29) is 24.4 Å². The number of nitrogens with one attached hydrogen (secondary N) is 2. The van der Waals surface area contributed by atoms with Crippen molar-refractivity contribution >= 4 is 40.7 Å². The third-order valence-electron chi connectivity index (χ3n) is 4.47. The number of nitrogens with zero attached hydrogens (tertiary/aromatic N) is 1. The van der Waals surface area contributed by atoms with Gasteiger partial charge in [0.05, 0.1) is 5.69 Å². The van der Waals surface area contributed by atoms with Crippen molar-refractivity contribution in [3.8, 4) is 5.75 Å². The summed E-state index contributed by atoms with van der Waals surface area (Å²) in [5.74, 6) is -0.617. The molecule has 0 atom stereocenters. The molecule has 2 aromatic rings. The molecule has 0 fully saturated rings. The molecule has 1 heterocycles. The number of rotatable bonds is 5. The van der Waals surface area contributed by atoms with Gasteiger partial charge >= 0.3 is 0 Å². The summed E-state index contributed by atoms with van der Waals surface area (Å²) >= 11 is 5.96. The number of ether oxygens (including phenoxy) is 1. The first kappa shape index (κ1) is 21.6. The van der Waals surface area contributed by atoms with E-state index >= 15 is 0 Å². The van der Waals surface area contributed by atoms with Crippen LogP contribution in [0.2, 0.25) is 5.02 Å². The number of carbonyl (C=O) groups is 3. The number of hydrogen-bond donors (Lipinski definition) is 2. The van der Waals surface area contributed by atoms with E-state index < -0.39 is 11.5 Å². The second-order valence-corrected chi connectivity index (χ2v) is 8.31. The number of amides is 3. The zero-order chi connectivity index (χ0) is 22.1. The van der Waals surface area contributed by atoms with Crippen LogP contribution in [-0.2, 0) is 9.59 Å². The summed E-state index contributed by atoms with van der Waals surface area (Å²) in [6.45, 7) is 6.76. The molecule has 1 aliphatic rings. The first-order chi connectivity index (χ1) is 14.1. The van der Waals surface area contributed by atoms with Crippen LogP contribution in [0, 0.1) is 0 Å². The van der Waals surface area contributed by atoms with Crippen molar-refractivity contribution in [2.45, 2.75) is 39.3 Å². The molecule has 0 saturated heterocycles. The molecule has 3 amide bonds. The fourth-order valence-electron chi connectivity index (χ4n) is 3.12. The third kappa shape index (κ3) is 4.74. The van der Waals surface area contributed by atoms with Gasteiger partial charge < -0.3 is 15.4 Å². The second kappa shape index (κ2) is 8.36. The third-order valence-corrected chi connectivity index (χ3v) is 4.70. The lowest BCUT2D eigenvalue weighted by Crippen LogP contribution is -2.54. The molecule has 0 unspecified atom stereocenters. The lowest BCUT2D eigenvalue weighted by molar-refractivity contribution is -0.133. The fraction of sp³-hybridized carbons (Fsp3) is 0.318. The van der Waals surface area contributed by atoms with Gasteiger partial charge in [-0.25, -0.2) is 0 Å². The highest BCUT2D eigenvalue weighted by Gasteiger charge is 2.41. The van der Waals surface area contributed by atoms with Gasteiger partial charge in [0, 0.05) is 22.3 Å². The number of anilines is 2. The summed E-state index contributed by atoms with van der Waals surface area (Å²) in [5.41, 5.74) is 0.124. The molecule has 0 aromatic heterocycles. The monoisotopic (exact) mass is 429 g/mol. The minimum absolute atomic E-state index is 0.0371. The summed E-state index contributed by atoms with van der Waals surface area (Å²) in [7, 11) is 0. The van der Waals surface area contributed by atoms with E-state index in [1.165, 1.54) is 4.90 Å². The predicted octanol–water partition coefficient (Wildman–Crippen LogP) is 3.62. The summed E-state index contributed by atoms with van der Waals surface area (Å²) in [6, 6.07) is 11.5. The summed E-state index contributed by atoms with van der Waals surface area (Å²) < 4.78 is 5.82. The topological polar surface area (TPSA) is 87.7 Å². The van der Waals surface area contributed by atoms with Crippen molar-refractivity contribution in [3.05, 3.63) is 53.1 Å². The van der Waals surface area contributed by atoms with E-state index in [1.807, 2.05) is 13.8 Å². The van der Waals surface area contributed by atoms with Gasteiger partial charge in [-0.2, -0.15) is 0 Å². The number of carbonyl (C=O) groups excluding carboxylic acids is 3. The van der Waals surface area contributed by atoms with Crippen LogP contribution in [0.3, 0.4) is 0 Å². The zero-order valence-corrected chi connectivity index (χ0v) is 18.0. The molecule has 2 N–H and O–H groups in total. The van der Waals surface area contributed by atoms with Gasteiger partial charge in [0.25, 0.3) is 11.8 Å². The summed E-state index contributed by atoms with van der Waals surface area (Å²) in [6.07, 6.45) is 0. The standard InChI is InChI=1S/C22H24ClN3O4/c1-13(2)24-20(28)14-8-9-18-17(10-14)26(21(29)22(3,4)30-18)12-19(27)25-16-7-5-6-15(23)11-16/h5-11,13H,12H2,1-4H3,(H,24,28)(H,25,27). The highest BCUT2D eigenvalue weighted by molar-refractivity contribution is 6.30. The van der Waals surface area contributed by atoms with Crippen LogP contribution in [-0.4, -0.2) is 35.9 Å². The Morgan fingerprint density at radius 2 is 1.90 bits per heavy atom. The number of fused-ring (bicyclic) bond motifs is 1. The molecular formula is C22H24ClN3O4. The Kier molecular flexibility index (Phi) is 6.03. The van der Waals surface area contributed by atoms with Crippen molar-refractivity contribution in [2.75, 3.05) is 16.8 Å². The van der Waals surface area contributed by atoms with Crippen LogP contribution < -0.4 is 20.3 Å². The van der Waals surface area contributed by atoms with Crippen LogP contribution >= 0.6 is 11.6 Å². The molecule has 0 bridgehead atoms. The Morgan fingerprint density at radius 3 is 2.57 bits per heavy atom. The van der Waals surface area contributed by atoms with E-state index in [0.717, 1.165) is 0 Å². The van der Waals surface area contributed by atoms with E-state index in [9.17, 15) is 14.4 Å². The van der Waals surface area contributed by atoms with E-state index in [4.69, 9.17) is 16.3 Å². The normalized spacial score (nSPS) is 14.7. The first-order valence-corrected chi connectivity index (χ1v) is 9.96. The smallest absolute Gasteiger partial charge is 0.271 e. The molecule has 0 aliphatic carbocycles. The quantitative estimate of drug-likeness (QED) is 0.759. The molecule has 158 valence electrons. The van der Waals surface area contributed by atoms with Gasteiger partial charge in [0.1, 0.15) is 12.3 Å². The Hall–Kier alpha value is -3.06. The van der Waals surface area contributed by atoms with Crippen molar-refractivity contribution in [1.82, 2.24) is 5.32 Å². The molecule has 8 heteroatoms. The van der Waals surface area contributed by atoms with E-state index in [2.05, 4.69) is 10.6 Å². The maximum atomic E-state index is 13.0. The van der Waals surface area contributed by atoms with Crippen molar-refractivity contribution in [3.63, 3.8) is 0 Å². The second-order valence-electron chi connectivity index (χ2n) is 7.87. The SMILES string of the molecule is CC(C)NC(=O)c1ccc2c(c1)N(CC(=O)Nc1cccc(Cl)c1)C(=O)C(C)(C)O2. The van der Waals surface area contributed by atoms with Crippen LogP contribution in [0.1, 0.15) is 38.1 Å². The van der Waals surface area contributed by atoms with Crippen LogP contribution in [0.5, 0.6) is 5.75 Å². The molecule has 7 nitrogen and oxygen atoms in total. The number of hydrogen-bond acceptors (Lipinski definition) is 4. The van der Waals surface area contributed by atoms with Crippen molar-refractivity contribution in [1.29, 1.82) is 0 Å². The lowest BCUT2D eigenvalue weighted by Gasteiger charge is -2.38. The highest BCUT2D eigenvalue weighted by Crippen LogP contribution is 2.38. The minimum Gasteiger partial charge on any atom is -0.476 e. The first-order valence-electron chi connectivity index (χ1n) is 9.58. The van der Waals surface area contributed by atoms with Gasteiger partial charge in [-0.3, -0.25) is 19.3 Å². The number of halogens is 1. The van der Waals surface area contributed by atoms with Crippen molar-refractivity contribution < 1.29 is 19.1 Å². The summed E-state index contributed by atoms with van der Waals surface area (Å²) in [4.78, 5) is 39.4. The number of benzene rings is 2. The Labute approximate surface area is 180 Å². The van der Waals surface area contributed by atoms with Crippen molar-refractivity contribution in [2.24, 2.45) is 0 Å². The minimum atomic E-state index is -1.15. The fourth-order valence-corrected chi connectivity index (χ4v) is 3.31. The van der Waals surface area contributed by atoms with Crippen LogP contribution in [0.25, 0.3) is 0 Å². The van der Waals surface area contributed by atoms with Crippen LogP contribution in [0.4, 0.5) is 11.4 Å². The van der Waals surface area contributed by atoms with Gasteiger partial charge in [-0.05, 0) is 64.1 Å². The largest absolute Gasteiger partial charge is 0.476 e. The van der Waals surface area contributed by atoms with Gasteiger partial charge in [0.15, 0.2) is 5.60 Å². The molecule has 2 aromatic carbocycles. The molecular weight excluding hydrogens is 406 g/mol. The lowest BCUT2D eigenvalue weighted by atomic mass is 10.0. The van der Waals surface area contributed by atoms with Crippen LogP contribution in [0.15, 0.2) is 42.5 Å². The average molecular weight is 430 g/mol.